The highest BCUT2D eigenvalue weighted by molar-refractivity contribution is 7.99. The number of nitrogens with zero attached hydrogens (tertiary/aromatic N) is 2. The van der Waals surface area contributed by atoms with E-state index >= 15 is 0 Å². The van der Waals surface area contributed by atoms with E-state index in [0.29, 0.717) is 28.2 Å². The molecule has 0 spiro atoms. The normalized spacial score (nSPS) is 15.7. The van der Waals surface area contributed by atoms with Crippen LogP contribution in [-0.2, 0) is 9.59 Å². The lowest BCUT2D eigenvalue weighted by molar-refractivity contribution is -0.134. The topological polar surface area (TPSA) is 81.1 Å². The highest BCUT2D eigenvalue weighted by Gasteiger charge is 2.23. The Labute approximate surface area is 212 Å². The molecule has 2 aromatic rings. The van der Waals surface area contributed by atoms with E-state index in [-0.39, 0.29) is 0 Å². The molecule has 1 aliphatic rings. The number of benzene rings is 2. The zero-order chi connectivity index (χ0) is 24.5. The largest absolute Gasteiger partial charge is 0.478 e. The Hall–Kier alpha value is -1.74. The number of rotatable bonds is 6. The number of hydrogen-bond donors (Lipinski definition) is 2. The third kappa shape index (κ3) is 9.20. The summed E-state index contributed by atoms with van der Waals surface area (Å²) in [6.45, 7) is 6.60. The van der Waals surface area contributed by atoms with Gasteiger partial charge in [0.25, 0.3) is 0 Å². The van der Waals surface area contributed by atoms with Gasteiger partial charge in [-0.25, -0.2) is 9.59 Å². The predicted molar refractivity (Wildman–Crippen MR) is 134 cm³/mol. The summed E-state index contributed by atoms with van der Waals surface area (Å²) in [5, 5.41) is 17.6. The molecule has 1 fully saturated rings. The summed E-state index contributed by atoms with van der Waals surface area (Å²) >= 11 is 20.2. The van der Waals surface area contributed by atoms with Gasteiger partial charge in [0, 0.05) is 59.2 Å². The van der Waals surface area contributed by atoms with Gasteiger partial charge in [0.1, 0.15) is 0 Å². The van der Waals surface area contributed by atoms with Crippen LogP contribution in [0, 0.1) is 0 Å². The smallest absolute Gasteiger partial charge is 0.328 e. The standard InChI is InChI=1S/C19H21Cl3N2S.C4H4O4/c1-13(24-9-7-23(2)8-10-24)16-11-14(20)3-6-19(16)25-15-4-5-17(21)18(22)12-15;5-3(6)1-2-4(7)8/h3-6,11-13H,7-10H2,1-2H3;1-2H,(H,5,6)(H,7,8). The van der Waals surface area contributed by atoms with Crippen LogP contribution in [-0.4, -0.2) is 65.2 Å². The van der Waals surface area contributed by atoms with Gasteiger partial charge < -0.3 is 15.1 Å². The first-order chi connectivity index (χ1) is 15.6. The maximum absolute atomic E-state index is 9.55. The second-order valence-corrected chi connectivity index (χ2v) is 9.75. The van der Waals surface area contributed by atoms with Crippen molar-refractivity contribution in [1.29, 1.82) is 0 Å². The minimum absolute atomic E-state index is 0.317. The minimum Gasteiger partial charge on any atom is -0.478 e. The third-order valence-electron chi connectivity index (χ3n) is 4.99. The van der Waals surface area contributed by atoms with Crippen LogP contribution in [0.25, 0.3) is 0 Å². The molecule has 0 bridgehead atoms. The summed E-state index contributed by atoms with van der Waals surface area (Å²) in [6.07, 6.45) is 1.12. The van der Waals surface area contributed by atoms with Gasteiger partial charge in [-0.3, -0.25) is 4.90 Å². The lowest BCUT2D eigenvalue weighted by Gasteiger charge is -2.37. The second-order valence-electron chi connectivity index (χ2n) is 7.39. The van der Waals surface area contributed by atoms with Crippen LogP contribution in [0.4, 0.5) is 0 Å². The number of carboxylic acid groups (broad SMARTS) is 2. The van der Waals surface area contributed by atoms with Crippen molar-refractivity contribution in [3.05, 3.63) is 69.2 Å². The first-order valence-electron chi connectivity index (χ1n) is 10.1. The molecule has 178 valence electrons. The fourth-order valence-electron chi connectivity index (χ4n) is 3.15. The van der Waals surface area contributed by atoms with Crippen molar-refractivity contribution < 1.29 is 19.8 Å². The van der Waals surface area contributed by atoms with Crippen LogP contribution in [0.15, 0.2) is 58.3 Å². The van der Waals surface area contributed by atoms with Crippen molar-refractivity contribution in [3.63, 3.8) is 0 Å². The van der Waals surface area contributed by atoms with Crippen LogP contribution in [0.5, 0.6) is 0 Å². The molecule has 1 heterocycles. The quantitative estimate of drug-likeness (QED) is 0.455. The van der Waals surface area contributed by atoms with Gasteiger partial charge in [-0.15, -0.1) is 0 Å². The Bertz CT molecular complexity index is 995. The lowest BCUT2D eigenvalue weighted by atomic mass is 10.1. The minimum atomic E-state index is -1.26. The number of aliphatic carboxylic acids is 2. The molecule has 10 heteroatoms. The van der Waals surface area contributed by atoms with Crippen molar-refractivity contribution in [1.82, 2.24) is 9.80 Å². The van der Waals surface area contributed by atoms with Gasteiger partial charge in [-0.1, -0.05) is 46.6 Å². The Morgan fingerprint density at radius 1 is 0.939 bits per heavy atom. The summed E-state index contributed by atoms with van der Waals surface area (Å²) in [5.41, 5.74) is 1.26. The van der Waals surface area contributed by atoms with Gasteiger partial charge in [0.2, 0.25) is 0 Å². The molecule has 6 nitrogen and oxygen atoms in total. The number of halogens is 3. The molecule has 2 aromatic carbocycles. The Morgan fingerprint density at radius 2 is 1.55 bits per heavy atom. The van der Waals surface area contributed by atoms with E-state index in [0.717, 1.165) is 36.1 Å². The number of hydrogen-bond acceptors (Lipinski definition) is 5. The Kier molecular flexibility index (Phi) is 11.0. The molecule has 33 heavy (non-hydrogen) atoms. The molecule has 0 amide bonds. The predicted octanol–water partition coefficient (Wildman–Crippen LogP) is 5.82. The first kappa shape index (κ1) is 27.5. The number of carboxylic acids is 2. The average molecular weight is 532 g/mol. The third-order valence-corrected chi connectivity index (χ3v) is 7.05. The fraction of sp³-hybridized carbons (Fsp3) is 0.304. The van der Waals surface area contributed by atoms with Gasteiger partial charge in [-0.05, 0) is 55.9 Å². The lowest BCUT2D eigenvalue weighted by Crippen LogP contribution is -2.45. The SMILES string of the molecule is CC(c1cc(Cl)ccc1Sc1ccc(Cl)c(Cl)c1)N1CCN(C)CC1.O=C(O)C=CC(=O)O. The molecular formula is C23H25Cl3N2O4S. The van der Waals surface area contributed by atoms with Crippen LogP contribution in [0.1, 0.15) is 18.5 Å². The van der Waals surface area contributed by atoms with Crippen molar-refractivity contribution in [2.45, 2.75) is 22.8 Å². The molecule has 0 aromatic heterocycles. The summed E-state index contributed by atoms with van der Waals surface area (Å²) in [6, 6.07) is 12.2. The molecule has 2 N–H and O–H groups in total. The average Bonchev–Trinajstić information content (AvgIpc) is 2.76. The molecule has 0 aliphatic carbocycles. The summed E-state index contributed by atoms with van der Waals surface area (Å²) in [7, 11) is 2.17. The van der Waals surface area contributed by atoms with E-state index in [1.54, 1.807) is 11.8 Å². The monoisotopic (exact) mass is 530 g/mol. The summed E-state index contributed by atoms with van der Waals surface area (Å²) in [5.74, 6) is -2.51. The summed E-state index contributed by atoms with van der Waals surface area (Å²) < 4.78 is 0. The van der Waals surface area contributed by atoms with Gasteiger partial charge in [0.15, 0.2) is 0 Å². The van der Waals surface area contributed by atoms with Gasteiger partial charge >= 0.3 is 11.9 Å². The molecular weight excluding hydrogens is 507 g/mol. The Morgan fingerprint density at radius 3 is 2.09 bits per heavy atom. The molecule has 3 rings (SSSR count). The van der Waals surface area contributed by atoms with Crippen LogP contribution < -0.4 is 0 Å². The van der Waals surface area contributed by atoms with Crippen molar-refractivity contribution in [2.24, 2.45) is 0 Å². The van der Waals surface area contributed by atoms with E-state index in [1.807, 2.05) is 24.3 Å². The molecule has 1 unspecified atom stereocenters. The van der Waals surface area contributed by atoms with Gasteiger partial charge in [0.05, 0.1) is 10.0 Å². The van der Waals surface area contributed by atoms with E-state index < -0.39 is 11.9 Å². The second kappa shape index (κ2) is 13.2. The van der Waals surface area contributed by atoms with E-state index in [2.05, 4.69) is 35.9 Å². The molecule has 0 radical (unpaired) electrons. The van der Waals surface area contributed by atoms with Crippen molar-refractivity contribution in [3.8, 4) is 0 Å². The zero-order valence-corrected chi connectivity index (χ0v) is 21.3. The highest BCUT2D eigenvalue weighted by Crippen LogP contribution is 2.38. The number of carbonyl (C=O) groups is 2. The molecule has 1 atom stereocenters. The van der Waals surface area contributed by atoms with E-state index in [4.69, 9.17) is 45.0 Å². The molecule has 1 aliphatic heterocycles. The fourth-order valence-corrected chi connectivity index (χ4v) is 4.75. The van der Waals surface area contributed by atoms with Crippen molar-refractivity contribution in [2.75, 3.05) is 33.2 Å². The van der Waals surface area contributed by atoms with Crippen molar-refractivity contribution >= 4 is 58.5 Å². The van der Waals surface area contributed by atoms with Crippen LogP contribution in [0.2, 0.25) is 15.1 Å². The van der Waals surface area contributed by atoms with E-state index in [1.165, 1.54) is 10.5 Å². The Balaban J connectivity index is 0.000000414. The zero-order valence-electron chi connectivity index (χ0n) is 18.2. The van der Waals surface area contributed by atoms with E-state index in [9.17, 15) is 9.59 Å². The number of likely N-dealkylation sites (N-methyl/N-ethyl adjacent to an activating group) is 1. The maximum atomic E-state index is 9.55. The number of piperazine rings is 1. The molecule has 0 saturated carbocycles. The molecule has 1 saturated heterocycles. The highest BCUT2D eigenvalue weighted by atomic mass is 35.5. The summed E-state index contributed by atoms with van der Waals surface area (Å²) in [4.78, 5) is 26.3. The van der Waals surface area contributed by atoms with Crippen LogP contribution >= 0.6 is 46.6 Å². The first-order valence-corrected chi connectivity index (χ1v) is 12.0. The van der Waals surface area contributed by atoms with Gasteiger partial charge in [-0.2, -0.15) is 0 Å². The van der Waals surface area contributed by atoms with Crippen LogP contribution in [0.3, 0.4) is 0 Å². The maximum Gasteiger partial charge on any atom is 0.328 e.